The van der Waals surface area contributed by atoms with Gasteiger partial charge in [-0.2, -0.15) is 10.1 Å². The molecule has 6 heterocycles. The third kappa shape index (κ3) is 4.76. The van der Waals surface area contributed by atoms with Crippen LogP contribution in [0, 0.1) is 6.92 Å². The van der Waals surface area contributed by atoms with Gasteiger partial charge in [0.05, 0.1) is 32.3 Å². The Bertz CT molecular complexity index is 1840. The van der Waals surface area contributed by atoms with Gasteiger partial charge in [0.15, 0.2) is 11.9 Å². The minimum atomic E-state index is -0.581. The summed E-state index contributed by atoms with van der Waals surface area (Å²) in [4.78, 5) is 41.1. The molecule has 3 aliphatic heterocycles. The number of aryl methyl sites for hydroxylation is 1. The van der Waals surface area contributed by atoms with Crippen LogP contribution < -0.4 is 10.5 Å². The number of ether oxygens (including phenoxy) is 2. The van der Waals surface area contributed by atoms with Gasteiger partial charge in [0.2, 0.25) is 5.95 Å². The zero-order valence-corrected chi connectivity index (χ0v) is 27.5. The highest BCUT2D eigenvalue weighted by atomic mass is 35.5. The van der Waals surface area contributed by atoms with Crippen molar-refractivity contribution in [1.29, 1.82) is 0 Å². The van der Waals surface area contributed by atoms with Crippen LogP contribution in [0.1, 0.15) is 70.5 Å². The van der Waals surface area contributed by atoms with E-state index in [1.54, 1.807) is 28.2 Å². The van der Waals surface area contributed by atoms with Crippen LogP contribution in [0.25, 0.3) is 32.5 Å². The van der Waals surface area contributed by atoms with E-state index < -0.39 is 5.60 Å². The maximum absolute atomic E-state index is 14.4. The predicted molar refractivity (Wildman–Crippen MR) is 172 cm³/mol. The van der Waals surface area contributed by atoms with E-state index in [-0.39, 0.29) is 36.0 Å². The van der Waals surface area contributed by atoms with Gasteiger partial charge >= 0.3 is 6.09 Å². The Morgan fingerprint density at radius 3 is 2.70 bits per heavy atom. The average Bonchev–Trinajstić information content (AvgIpc) is 3.75. The summed E-state index contributed by atoms with van der Waals surface area (Å²) in [6.07, 6.45) is 4.75. The van der Waals surface area contributed by atoms with Crippen LogP contribution in [-0.2, 0) is 16.5 Å². The second-order valence-electron chi connectivity index (χ2n) is 13.2. The van der Waals surface area contributed by atoms with Crippen LogP contribution in [0.15, 0.2) is 16.9 Å². The highest BCUT2D eigenvalue weighted by molar-refractivity contribution is 7.19. The summed E-state index contributed by atoms with van der Waals surface area (Å²) in [5, 5.41) is 6.88. The molecule has 0 radical (unpaired) electrons. The number of halogens is 1. The fourth-order valence-electron chi connectivity index (χ4n) is 7.10. The average molecular weight is 640 g/mol. The van der Waals surface area contributed by atoms with Crippen molar-refractivity contribution in [3.8, 4) is 11.3 Å². The number of aromatic nitrogens is 5. The zero-order chi connectivity index (χ0) is 31.1. The van der Waals surface area contributed by atoms with Crippen molar-refractivity contribution < 1.29 is 14.3 Å². The van der Waals surface area contributed by atoms with Gasteiger partial charge in [-0.05, 0) is 78.4 Å². The van der Waals surface area contributed by atoms with Crippen molar-refractivity contribution >= 4 is 56.2 Å². The van der Waals surface area contributed by atoms with Crippen LogP contribution in [0.5, 0.6) is 0 Å². The van der Waals surface area contributed by atoms with Crippen molar-refractivity contribution in [3.63, 3.8) is 0 Å². The van der Waals surface area contributed by atoms with E-state index in [9.17, 15) is 9.59 Å². The summed E-state index contributed by atoms with van der Waals surface area (Å²) in [7, 11) is 3.57. The molecular weight excluding hydrogens is 602 g/mol. The number of hydrogen-bond donors (Lipinski definition) is 0. The Morgan fingerprint density at radius 2 is 1.98 bits per heavy atom. The lowest BCUT2D eigenvalue weighted by Gasteiger charge is -2.33. The van der Waals surface area contributed by atoms with Crippen LogP contribution in [0.3, 0.4) is 0 Å². The van der Waals surface area contributed by atoms with Crippen molar-refractivity contribution in [3.05, 3.63) is 32.5 Å². The first-order chi connectivity index (χ1) is 20.9. The van der Waals surface area contributed by atoms with E-state index in [2.05, 4.69) is 9.88 Å². The highest BCUT2D eigenvalue weighted by Crippen LogP contribution is 2.44. The maximum atomic E-state index is 14.4. The number of likely N-dealkylation sites (N-methyl/N-ethyl adjacent to an activating group) is 1. The summed E-state index contributed by atoms with van der Waals surface area (Å²) >= 11 is 8.50. The molecule has 44 heavy (non-hydrogen) atoms. The second kappa shape index (κ2) is 10.7. The highest BCUT2D eigenvalue weighted by Gasteiger charge is 2.51. The molecule has 1 amide bonds. The number of thiazole rings is 1. The Morgan fingerprint density at radius 1 is 1.18 bits per heavy atom. The minimum Gasteiger partial charge on any atom is -0.444 e. The van der Waals surface area contributed by atoms with Crippen molar-refractivity contribution in [2.45, 2.75) is 96.2 Å². The molecule has 7 rings (SSSR count). The van der Waals surface area contributed by atoms with Gasteiger partial charge in [-0.25, -0.2) is 14.5 Å². The van der Waals surface area contributed by atoms with Crippen molar-refractivity contribution in [2.24, 2.45) is 7.05 Å². The topological polar surface area (TPSA) is 108 Å². The van der Waals surface area contributed by atoms with Crippen molar-refractivity contribution in [2.75, 3.05) is 18.6 Å². The molecule has 3 fully saturated rings. The number of nitrogens with zero attached hydrogens (tertiary/aromatic N) is 7. The van der Waals surface area contributed by atoms with Crippen LogP contribution in [0.4, 0.5) is 10.7 Å². The Kier molecular flexibility index (Phi) is 7.17. The predicted octanol–water partition coefficient (Wildman–Crippen LogP) is 6.04. The van der Waals surface area contributed by atoms with E-state index in [0.29, 0.717) is 39.9 Å². The molecule has 1 aromatic carbocycles. The van der Waals surface area contributed by atoms with E-state index in [0.717, 1.165) is 53.7 Å². The normalized spacial score (nSPS) is 23.7. The second-order valence-corrected chi connectivity index (χ2v) is 14.8. The third-order valence-electron chi connectivity index (χ3n) is 9.11. The lowest BCUT2D eigenvalue weighted by atomic mass is 9.95. The quantitative estimate of drug-likeness (QED) is 0.266. The monoisotopic (exact) mass is 639 g/mol. The molecular formula is C31H38ClN7O4S. The van der Waals surface area contributed by atoms with Gasteiger partial charge in [0.25, 0.3) is 5.56 Å². The molecule has 11 nitrogen and oxygen atoms in total. The summed E-state index contributed by atoms with van der Waals surface area (Å²) in [5.74, 6) is 0.582. The van der Waals surface area contributed by atoms with Crippen LogP contribution in [-0.4, -0.2) is 72.7 Å². The Balaban J connectivity index is 1.35. The molecule has 13 heteroatoms. The summed E-state index contributed by atoms with van der Waals surface area (Å²) < 4.78 is 16.1. The smallest absolute Gasteiger partial charge is 0.410 e. The number of hydrogen-bond acceptors (Lipinski definition) is 9. The summed E-state index contributed by atoms with van der Waals surface area (Å²) in [6, 6.07) is 3.94. The first-order valence-electron chi connectivity index (χ1n) is 15.3. The molecule has 0 aliphatic carbocycles. The molecule has 0 N–H and O–H groups in total. The fraction of sp³-hybridized carbons (Fsp3) is 0.581. The lowest BCUT2D eigenvalue weighted by molar-refractivity contribution is -0.0368. The molecule has 234 valence electrons. The number of carbonyl (C=O) groups is 1. The van der Waals surface area contributed by atoms with Gasteiger partial charge in [0, 0.05) is 32.3 Å². The molecule has 3 aromatic heterocycles. The summed E-state index contributed by atoms with van der Waals surface area (Å²) in [5.41, 5.74) is 1.72. The zero-order valence-electron chi connectivity index (χ0n) is 26.0. The maximum Gasteiger partial charge on any atom is 0.410 e. The standard InChI is InChI=1S/C31H38ClN7O4S/c1-16-33-19-12-11-18(24(32)26(19)44-16)25-23-27(39(35-25)22-9-7-8-14-42-22)34-29(37(6)28(23)40)38-17-10-13-20(38)21(15-17)36(5)30(41)43-31(2,3)4/h11-12,17,20-22H,7-10,13-15H2,1-6H3/t17-,20+,21+,22?/m0/s1. The minimum absolute atomic E-state index is 0.0151. The molecule has 3 aliphatic rings. The van der Waals surface area contributed by atoms with E-state index in [4.69, 9.17) is 31.2 Å². The fourth-order valence-corrected chi connectivity index (χ4v) is 8.33. The molecule has 0 spiro atoms. The first-order valence-corrected chi connectivity index (χ1v) is 16.5. The molecule has 3 saturated heterocycles. The first kappa shape index (κ1) is 29.5. The molecule has 2 bridgehead atoms. The van der Waals surface area contributed by atoms with Crippen LogP contribution >= 0.6 is 22.9 Å². The number of benzene rings is 1. The van der Waals surface area contributed by atoms with Crippen LogP contribution in [0.2, 0.25) is 5.02 Å². The summed E-state index contributed by atoms with van der Waals surface area (Å²) in [6.45, 7) is 8.20. The van der Waals surface area contributed by atoms with Gasteiger partial charge < -0.3 is 19.3 Å². The van der Waals surface area contributed by atoms with Gasteiger partial charge in [0.1, 0.15) is 16.7 Å². The third-order valence-corrected chi connectivity index (χ3v) is 10.6. The van der Waals surface area contributed by atoms with E-state index in [1.807, 2.05) is 39.8 Å². The van der Waals surface area contributed by atoms with Gasteiger partial charge in [-0.1, -0.05) is 11.6 Å². The van der Waals surface area contributed by atoms with Crippen molar-refractivity contribution in [1.82, 2.24) is 29.2 Å². The van der Waals surface area contributed by atoms with Gasteiger partial charge in [-0.3, -0.25) is 9.36 Å². The van der Waals surface area contributed by atoms with E-state index >= 15 is 0 Å². The SMILES string of the molecule is Cc1nc2ccc(-c3nn(C4CCCCO4)c4nc(N5[C@H]6CC[C@@H]5[C@H](N(C)C(=O)OC(C)(C)C)C6)n(C)c(=O)c34)c(Cl)c2s1. The van der Waals surface area contributed by atoms with Gasteiger partial charge in [-0.15, -0.1) is 11.3 Å². The Hall–Kier alpha value is -3.22. The number of amides is 1. The number of carbonyl (C=O) groups excluding carboxylic acids is 1. The lowest BCUT2D eigenvalue weighted by Crippen LogP contribution is -2.47. The number of fused-ring (bicyclic) bond motifs is 4. The Labute approximate surface area is 264 Å². The molecule has 4 aromatic rings. The molecule has 0 saturated carbocycles. The number of anilines is 1. The molecule has 1 unspecified atom stereocenters. The number of rotatable bonds is 4. The molecule has 4 atom stereocenters. The largest absolute Gasteiger partial charge is 0.444 e. The van der Waals surface area contributed by atoms with E-state index in [1.165, 1.54) is 11.3 Å².